The molecule has 0 unspecified atom stereocenters. The number of nitrogens with one attached hydrogen (secondary N) is 1. The van der Waals surface area contributed by atoms with Crippen LogP contribution in [-0.2, 0) is 4.74 Å². The molecule has 0 radical (unpaired) electrons. The van der Waals surface area contributed by atoms with E-state index in [4.69, 9.17) is 0 Å². The number of amides is 1. The lowest BCUT2D eigenvalue weighted by atomic mass is 10.2. The van der Waals surface area contributed by atoms with Crippen LogP contribution < -0.4 is 5.32 Å². The van der Waals surface area contributed by atoms with Gasteiger partial charge in [-0.2, -0.15) is 13.2 Å². The lowest BCUT2D eigenvalue weighted by Crippen LogP contribution is -2.23. The van der Waals surface area contributed by atoms with E-state index in [1.807, 2.05) is 5.32 Å². The first-order valence-electron chi connectivity index (χ1n) is 4.94. The Hall–Kier alpha value is -2.32. The highest BCUT2D eigenvalue weighted by Crippen LogP contribution is 2.25. The van der Waals surface area contributed by atoms with Gasteiger partial charge in [-0.3, -0.25) is 15.4 Å². The van der Waals surface area contributed by atoms with Gasteiger partial charge in [-0.05, 0) is 18.6 Å². The summed E-state index contributed by atoms with van der Waals surface area (Å²) in [6.45, 7) is -0.169. The molecule has 0 aliphatic rings. The van der Waals surface area contributed by atoms with Gasteiger partial charge in [0.2, 0.25) is 0 Å². The second-order valence-electron chi connectivity index (χ2n) is 3.59. The minimum Gasteiger partial charge on any atom is -0.440 e. The van der Waals surface area contributed by atoms with Crippen molar-refractivity contribution in [2.24, 2.45) is 0 Å². The maximum Gasteiger partial charge on any atom is 0.422 e. The van der Waals surface area contributed by atoms with Crippen LogP contribution in [0, 0.1) is 17.0 Å². The summed E-state index contributed by atoms with van der Waals surface area (Å²) in [5.41, 5.74) is -0.0901. The highest BCUT2D eigenvalue weighted by Gasteiger charge is 2.30. The summed E-state index contributed by atoms with van der Waals surface area (Å²) in [6.07, 6.45) is -6.07. The van der Waals surface area contributed by atoms with Crippen LogP contribution in [0.15, 0.2) is 18.2 Å². The maximum absolute atomic E-state index is 11.8. The largest absolute Gasteiger partial charge is 0.440 e. The Kier molecular flexibility index (Phi) is 4.30. The van der Waals surface area contributed by atoms with Crippen LogP contribution >= 0.6 is 0 Å². The summed E-state index contributed by atoms with van der Waals surface area (Å²) in [5, 5.41) is 12.6. The third-order valence-corrected chi connectivity index (χ3v) is 1.95. The molecule has 0 aliphatic carbocycles. The van der Waals surface area contributed by atoms with E-state index in [-0.39, 0.29) is 5.69 Å². The number of carbonyl (C=O) groups is 1. The fourth-order valence-corrected chi connectivity index (χ4v) is 1.19. The van der Waals surface area contributed by atoms with Crippen molar-refractivity contribution in [3.8, 4) is 0 Å². The molecule has 0 saturated carbocycles. The Balaban J connectivity index is 2.77. The van der Waals surface area contributed by atoms with Crippen LogP contribution in [0.2, 0.25) is 0 Å². The van der Waals surface area contributed by atoms with Gasteiger partial charge in [-0.15, -0.1) is 0 Å². The number of halogens is 3. The Morgan fingerprint density at radius 2 is 2.11 bits per heavy atom. The number of nitro groups is 1. The van der Waals surface area contributed by atoms with Crippen LogP contribution in [0.4, 0.5) is 29.3 Å². The van der Waals surface area contributed by atoms with Crippen LogP contribution in [0.1, 0.15) is 5.56 Å². The number of rotatable bonds is 3. The SMILES string of the molecule is Cc1ccc(NC(=O)OCC(F)(F)F)c([N+](=O)[O-])c1. The molecule has 1 rings (SSSR count). The third kappa shape index (κ3) is 4.82. The number of hydrogen-bond acceptors (Lipinski definition) is 4. The summed E-state index contributed by atoms with van der Waals surface area (Å²) in [4.78, 5) is 21.0. The summed E-state index contributed by atoms with van der Waals surface area (Å²) < 4.78 is 39.3. The molecule has 1 N–H and O–H groups in total. The van der Waals surface area contributed by atoms with E-state index in [1.54, 1.807) is 6.92 Å². The topological polar surface area (TPSA) is 81.5 Å². The Labute approximate surface area is 105 Å². The normalized spacial score (nSPS) is 10.9. The smallest absolute Gasteiger partial charge is 0.422 e. The van der Waals surface area contributed by atoms with Gasteiger partial charge in [0.1, 0.15) is 5.69 Å². The van der Waals surface area contributed by atoms with E-state index in [0.29, 0.717) is 5.56 Å². The summed E-state index contributed by atoms with van der Waals surface area (Å²) in [7, 11) is 0. The first-order chi connectivity index (χ1) is 8.69. The van der Waals surface area contributed by atoms with Gasteiger partial charge in [0.05, 0.1) is 4.92 Å². The van der Waals surface area contributed by atoms with E-state index >= 15 is 0 Å². The Bertz CT molecular complexity index is 502. The first-order valence-corrected chi connectivity index (χ1v) is 4.94. The molecule has 0 saturated heterocycles. The molecule has 19 heavy (non-hydrogen) atoms. The third-order valence-electron chi connectivity index (χ3n) is 1.95. The number of anilines is 1. The molecule has 1 aromatic carbocycles. The maximum atomic E-state index is 11.8. The predicted molar refractivity (Wildman–Crippen MR) is 58.9 cm³/mol. The molecule has 104 valence electrons. The monoisotopic (exact) mass is 278 g/mol. The number of aryl methyl sites for hydroxylation is 1. The zero-order valence-corrected chi connectivity index (χ0v) is 9.65. The molecule has 0 aromatic heterocycles. The van der Waals surface area contributed by atoms with Crippen molar-refractivity contribution in [1.29, 1.82) is 0 Å². The van der Waals surface area contributed by atoms with Crippen LogP contribution in [0.5, 0.6) is 0 Å². The summed E-state index contributed by atoms with van der Waals surface area (Å²) in [6, 6.07) is 3.86. The molecule has 0 fully saturated rings. The fraction of sp³-hybridized carbons (Fsp3) is 0.300. The fourth-order valence-electron chi connectivity index (χ4n) is 1.19. The van der Waals surface area contributed by atoms with Crippen molar-refractivity contribution >= 4 is 17.5 Å². The Morgan fingerprint density at radius 3 is 2.63 bits per heavy atom. The number of alkyl halides is 3. The number of benzene rings is 1. The average molecular weight is 278 g/mol. The molecule has 0 spiro atoms. The van der Waals surface area contributed by atoms with Gasteiger partial charge < -0.3 is 4.74 Å². The van der Waals surface area contributed by atoms with Crippen molar-refractivity contribution in [2.75, 3.05) is 11.9 Å². The van der Waals surface area contributed by atoms with Crippen molar-refractivity contribution in [3.63, 3.8) is 0 Å². The number of nitrogens with zero attached hydrogens (tertiary/aromatic N) is 1. The number of nitro benzene ring substituents is 1. The van der Waals surface area contributed by atoms with Crippen LogP contribution in [0.25, 0.3) is 0 Å². The van der Waals surface area contributed by atoms with Gasteiger partial charge >= 0.3 is 12.3 Å². The zero-order valence-electron chi connectivity index (χ0n) is 9.65. The van der Waals surface area contributed by atoms with Crippen molar-refractivity contribution < 1.29 is 27.6 Å². The van der Waals surface area contributed by atoms with E-state index in [1.165, 1.54) is 18.2 Å². The van der Waals surface area contributed by atoms with Crippen LogP contribution in [0.3, 0.4) is 0 Å². The van der Waals surface area contributed by atoms with Crippen molar-refractivity contribution in [2.45, 2.75) is 13.1 Å². The van der Waals surface area contributed by atoms with Gasteiger partial charge in [0.15, 0.2) is 6.61 Å². The molecule has 0 atom stereocenters. The van der Waals surface area contributed by atoms with Crippen molar-refractivity contribution in [3.05, 3.63) is 33.9 Å². The molecule has 1 aromatic rings. The second kappa shape index (κ2) is 5.55. The molecule has 0 heterocycles. The predicted octanol–water partition coefficient (Wildman–Crippen LogP) is 3.01. The second-order valence-corrected chi connectivity index (χ2v) is 3.59. The molecule has 0 aliphatic heterocycles. The summed E-state index contributed by atoms with van der Waals surface area (Å²) >= 11 is 0. The van der Waals surface area contributed by atoms with Gasteiger partial charge in [0.25, 0.3) is 5.69 Å². The van der Waals surface area contributed by atoms with E-state index in [2.05, 4.69) is 4.74 Å². The molecule has 6 nitrogen and oxygen atoms in total. The van der Waals surface area contributed by atoms with Crippen LogP contribution in [-0.4, -0.2) is 23.8 Å². The molecule has 1 amide bonds. The average Bonchev–Trinajstić information content (AvgIpc) is 2.28. The minimum atomic E-state index is -4.66. The molecular formula is C10H9F3N2O4. The molecule has 9 heteroatoms. The highest BCUT2D eigenvalue weighted by molar-refractivity contribution is 5.87. The number of ether oxygens (including phenoxy) is 1. The lowest BCUT2D eigenvalue weighted by Gasteiger charge is -2.09. The Morgan fingerprint density at radius 1 is 1.47 bits per heavy atom. The van der Waals surface area contributed by atoms with Gasteiger partial charge in [0, 0.05) is 6.07 Å². The van der Waals surface area contributed by atoms with E-state index in [0.717, 1.165) is 0 Å². The van der Waals surface area contributed by atoms with Gasteiger partial charge in [-0.1, -0.05) is 6.07 Å². The quantitative estimate of drug-likeness (QED) is 0.680. The standard InChI is InChI=1S/C10H9F3N2O4/c1-6-2-3-7(8(4-6)15(17)18)14-9(16)19-5-10(11,12)13/h2-4H,5H2,1H3,(H,14,16). The minimum absolute atomic E-state index is 0.234. The number of carbonyl (C=O) groups excluding carboxylic acids is 1. The lowest BCUT2D eigenvalue weighted by molar-refractivity contribution is -0.384. The van der Waals surface area contributed by atoms with Crippen molar-refractivity contribution in [1.82, 2.24) is 0 Å². The number of hydrogen-bond donors (Lipinski definition) is 1. The zero-order chi connectivity index (χ0) is 14.6. The first kappa shape index (κ1) is 14.7. The van der Waals surface area contributed by atoms with Gasteiger partial charge in [-0.25, -0.2) is 4.79 Å². The molecular weight excluding hydrogens is 269 g/mol. The summed E-state index contributed by atoms with van der Waals surface area (Å²) in [5.74, 6) is 0. The highest BCUT2D eigenvalue weighted by atomic mass is 19.4. The van der Waals surface area contributed by atoms with E-state index in [9.17, 15) is 28.1 Å². The van der Waals surface area contributed by atoms with E-state index < -0.39 is 29.5 Å². The molecule has 0 bridgehead atoms.